The molecule has 0 radical (unpaired) electrons. The predicted molar refractivity (Wildman–Crippen MR) is 127 cm³/mol. The van der Waals surface area contributed by atoms with Gasteiger partial charge in [-0.05, 0) is 53.7 Å². The van der Waals surface area contributed by atoms with E-state index < -0.39 is 17.9 Å². The second-order valence-corrected chi connectivity index (χ2v) is 8.52. The summed E-state index contributed by atoms with van der Waals surface area (Å²) in [4.78, 5) is 27.7. The molecule has 0 spiro atoms. The van der Waals surface area contributed by atoms with Gasteiger partial charge in [-0.15, -0.1) is 0 Å². The average molecular weight is 460 g/mol. The summed E-state index contributed by atoms with van der Waals surface area (Å²) in [6, 6.07) is 15.2. The number of carbonyl (C=O) groups excluding carboxylic acids is 1. The lowest BCUT2D eigenvalue weighted by molar-refractivity contribution is -0.132. The molecule has 2 aromatic heterocycles. The third kappa shape index (κ3) is 4.33. The molecule has 3 heterocycles. The lowest BCUT2D eigenvalue weighted by Gasteiger charge is -2.17. The Morgan fingerprint density at radius 2 is 2.09 bits per heavy atom. The standard InChI is InChI=1S/C25H25N5O4/c1-30-21-11-16(5-6-22(21)34-25(30)32)15-3-4-17-9-18(28-20(17)10-15)12-19(13-26)29-24(31)23-14-27-7-2-8-33-23/h3-6,9-11,19,23,27-28H,2,7-8,12,14H2,1H3,(H,29,31)/t19-,23-/m0/s1. The maximum absolute atomic E-state index is 12.5. The highest BCUT2D eigenvalue weighted by atomic mass is 16.5. The first-order valence-corrected chi connectivity index (χ1v) is 11.3. The van der Waals surface area contributed by atoms with E-state index in [0.29, 0.717) is 25.2 Å². The number of nitrogens with one attached hydrogen (secondary N) is 3. The molecule has 0 aliphatic carbocycles. The molecule has 0 unspecified atom stereocenters. The fraction of sp³-hybridized carbons (Fsp3) is 0.320. The van der Waals surface area contributed by atoms with Gasteiger partial charge in [-0.25, -0.2) is 4.79 Å². The Balaban J connectivity index is 1.34. The number of benzene rings is 2. The Labute approximate surface area is 195 Å². The van der Waals surface area contributed by atoms with Gasteiger partial charge in [0, 0.05) is 37.8 Å². The van der Waals surface area contributed by atoms with E-state index in [9.17, 15) is 14.9 Å². The van der Waals surface area contributed by atoms with Crippen LogP contribution >= 0.6 is 0 Å². The second kappa shape index (κ2) is 9.17. The molecule has 5 rings (SSSR count). The molecule has 1 amide bonds. The summed E-state index contributed by atoms with van der Waals surface area (Å²) in [5, 5.41) is 16.6. The molecule has 1 aliphatic rings. The van der Waals surface area contributed by atoms with Gasteiger partial charge >= 0.3 is 5.76 Å². The van der Waals surface area contributed by atoms with Crippen LogP contribution in [0.1, 0.15) is 12.1 Å². The van der Waals surface area contributed by atoms with E-state index in [2.05, 4.69) is 21.7 Å². The zero-order valence-corrected chi connectivity index (χ0v) is 18.8. The number of amides is 1. The van der Waals surface area contributed by atoms with Gasteiger partial charge in [-0.1, -0.05) is 18.2 Å². The van der Waals surface area contributed by atoms with Crippen molar-refractivity contribution < 1.29 is 13.9 Å². The van der Waals surface area contributed by atoms with Gasteiger partial charge in [0.2, 0.25) is 0 Å². The molecule has 1 aliphatic heterocycles. The van der Waals surface area contributed by atoms with Crippen molar-refractivity contribution in [1.82, 2.24) is 20.2 Å². The van der Waals surface area contributed by atoms with Crippen molar-refractivity contribution in [3.8, 4) is 17.2 Å². The molecule has 9 nitrogen and oxygen atoms in total. The molecule has 174 valence electrons. The van der Waals surface area contributed by atoms with E-state index >= 15 is 0 Å². The van der Waals surface area contributed by atoms with E-state index in [-0.39, 0.29) is 5.91 Å². The molecule has 2 aromatic carbocycles. The largest absolute Gasteiger partial charge is 0.419 e. The molecule has 1 saturated heterocycles. The molecular formula is C25H25N5O4. The molecule has 3 N–H and O–H groups in total. The molecule has 0 bridgehead atoms. The highest BCUT2D eigenvalue weighted by molar-refractivity contribution is 5.88. The van der Waals surface area contributed by atoms with Crippen LogP contribution in [0.5, 0.6) is 0 Å². The van der Waals surface area contributed by atoms with Gasteiger partial charge in [0.05, 0.1) is 11.6 Å². The number of nitriles is 1. The van der Waals surface area contributed by atoms with Crippen molar-refractivity contribution >= 4 is 27.9 Å². The molecule has 9 heteroatoms. The smallest absolute Gasteiger partial charge is 0.408 e. The lowest BCUT2D eigenvalue weighted by Crippen LogP contribution is -2.46. The predicted octanol–water partition coefficient (Wildman–Crippen LogP) is 2.21. The normalized spacial score (nSPS) is 17.4. The molecule has 1 fully saturated rings. The number of carbonyl (C=O) groups is 1. The highest BCUT2D eigenvalue weighted by Gasteiger charge is 2.23. The van der Waals surface area contributed by atoms with Crippen molar-refractivity contribution in [1.29, 1.82) is 5.26 Å². The number of H-pyrrole nitrogens is 1. The van der Waals surface area contributed by atoms with Gasteiger partial charge in [0.1, 0.15) is 12.1 Å². The van der Waals surface area contributed by atoms with Crippen molar-refractivity contribution in [2.75, 3.05) is 19.7 Å². The summed E-state index contributed by atoms with van der Waals surface area (Å²) < 4.78 is 12.3. The van der Waals surface area contributed by atoms with E-state index in [1.54, 1.807) is 13.1 Å². The van der Waals surface area contributed by atoms with Gasteiger partial charge < -0.3 is 24.8 Å². The number of hydrogen-bond donors (Lipinski definition) is 3. The van der Waals surface area contributed by atoms with Crippen LogP contribution in [0.25, 0.3) is 33.1 Å². The highest BCUT2D eigenvalue weighted by Crippen LogP contribution is 2.27. The fourth-order valence-corrected chi connectivity index (χ4v) is 4.28. The van der Waals surface area contributed by atoms with Crippen LogP contribution in [0.4, 0.5) is 0 Å². The number of oxazole rings is 1. The van der Waals surface area contributed by atoms with Gasteiger partial charge in [0.25, 0.3) is 5.91 Å². The molecule has 0 saturated carbocycles. The Morgan fingerprint density at radius 1 is 1.26 bits per heavy atom. The number of fused-ring (bicyclic) bond motifs is 2. The summed E-state index contributed by atoms with van der Waals surface area (Å²) in [6.07, 6.45) is 0.627. The molecule has 34 heavy (non-hydrogen) atoms. The van der Waals surface area contributed by atoms with E-state index in [4.69, 9.17) is 9.15 Å². The number of aromatic amines is 1. The van der Waals surface area contributed by atoms with Crippen LogP contribution in [-0.2, 0) is 23.0 Å². The lowest BCUT2D eigenvalue weighted by atomic mass is 10.0. The SMILES string of the molecule is Cn1c(=O)oc2ccc(-c3ccc4cc(C[C@@H](C#N)NC(=O)[C@@H]5CNCCCO5)[nH]c4c3)cc21. The summed E-state index contributed by atoms with van der Waals surface area (Å²) >= 11 is 0. The monoisotopic (exact) mass is 459 g/mol. The van der Waals surface area contributed by atoms with Crippen molar-refractivity contribution in [3.05, 3.63) is 58.7 Å². The van der Waals surface area contributed by atoms with Gasteiger partial charge in [-0.3, -0.25) is 9.36 Å². The van der Waals surface area contributed by atoms with Crippen LogP contribution in [0.15, 0.2) is 51.7 Å². The number of aryl methyl sites for hydroxylation is 1. The minimum Gasteiger partial charge on any atom is -0.408 e. The Kier molecular flexibility index (Phi) is 5.92. The van der Waals surface area contributed by atoms with Crippen LogP contribution in [0.3, 0.4) is 0 Å². The van der Waals surface area contributed by atoms with Crippen LogP contribution < -0.4 is 16.4 Å². The van der Waals surface area contributed by atoms with Gasteiger partial charge in [0.15, 0.2) is 5.58 Å². The zero-order chi connectivity index (χ0) is 23.7. The first kappa shape index (κ1) is 21.9. The van der Waals surface area contributed by atoms with Crippen molar-refractivity contribution in [2.45, 2.75) is 25.0 Å². The summed E-state index contributed by atoms with van der Waals surface area (Å²) in [6.45, 7) is 1.78. The first-order valence-electron chi connectivity index (χ1n) is 11.3. The van der Waals surface area contributed by atoms with Gasteiger partial charge in [-0.2, -0.15) is 5.26 Å². The first-order chi connectivity index (χ1) is 16.5. The number of nitrogens with zero attached hydrogens (tertiary/aromatic N) is 2. The summed E-state index contributed by atoms with van der Waals surface area (Å²) in [5.41, 5.74) is 5.00. The van der Waals surface area contributed by atoms with E-state index in [1.807, 2.05) is 36.4 Å². The third-order valence-electron chi connectivity index (χ3n) is 6.14. The van der Waals surface area contributed by atoms with Crippen LogP contribution in [-0.4, -0.2) is 47.3 Å². The summed E-state index contributed by atoms with van der Waals surface area (Å²) in [5.74, 6) is -0.666. The Bertz CT molecular complexity index is 1450. The number of rotatable bonds is 5. The molecule has 2 atom stereocenters. The number of aromatic nitrogens is 2. The van der Waals surface area contributed by atoms with E-state index in [0.717, 1.165) is 46.2 Å². The van der Waals surface area contributed by atoms with Crippen molar-refractivity contribution in [3.63, 3.8) is 0 Å². The van der Waals surface area contributed by atoms with Crippen LogP contribution in [0.2, 0.25) is 0 Å². The fourth-order valence-electron chi connectivity index (χ4n) is 4.28. The quantitative estimate of drug-likeness (QED) is 0.420. The molecular weight excluding hydrogens is 434 g/mol. The topological polar surface area (TPSA) is 125 Å². The average Bonchev–Trinajstić information content (AvgIpc) is 3.22. The zero-order valence-electron chi connectivity index (χ0n) is 18.8. The number of ether oxygens (including phenoxy) is 1. The summed E-state index contributed by atoms with van der Waals surface area (Å²) in [7, 11) is 1.68. The third-order valence-corrected chi connectivity index (χ3v) is 6.14. The van der Waals surface area contributed by atoms with Crippen LogP contribution in [0, 0.1) is 11.3 Å². The maximum atomic E-state index is 12.5. The number of hydrogen-bond acceptors (Lipinski definition) is 6. The van der Waals surface area contributed by atoms with Crippen molar-refractivity contribution in [2.24, 2.45) is 7.05 Å². The second-order valence-electron chi connectivity index (χ2n) is 8.52. The minimum absolute atomic E-state index is 0.275. The molecule has 4 aromatic rings. The maximum Gasteiger partial charge on any atom is 0.419 e. The Hall–Kier alpha value is -3.87. The Morgan fingerprint density at radius 3 is 2.94 bits per heavy atom. The van der Waals surface area contributed by atoms with E-state index in [1.165, 1.54) is 4.57 Å². The minimum atomic E-state index is -0.670.